The molecule has 1 aromatic rings. The molecule has 1 aromatic carbocycles. The molecule has 1 heterocycles. The first-order valence-electron chi connectivity index (χ1n) is 5.65. The van der Waals surface area contributed by atoms with E-state index in [9.17, 15) is 4.79 Å². The topological polar surface area (TPSA) is 29.1 Å². The molecule has 16 heavy (non-hydrogen) atoms. The highest BCUT2D eigenvalue weighted by Gasteiger charge is 2.41. The van der Waals surface area contributed by atoms with Crippen molar-refractivity contribution in [2.75, 3.05) is 11.2 Å². The lowest BCUT2D eigenvalue weighted by molar-refractivity contribution is -0.120. The van der Waals surface area contributed by atoms with Crippen molar-refractivity contribution in [3.05, 3.63) is 29.8 Å². The molecular weight excluding hydrogens is 222 g/mol. The maximum atomic E-state index is 12.0. The molecule has 86 valence electrons. The van der Waals surface area contributed by atoms with Gasteiger partial charge in [0.25, 0.3) is 0 Å². The van der Waals surface area contributed by atoms with Crippen molar-refractivity contribution in [2.45, 2.75) is 31.6 Å². The van der Waals surface area contributed by atoms with E-state index in [1.54, 1.807) is 0 Å². The van der Waals surface area contributed by atoms with Crippen molar-refractivity contribution in [1.82, 2.24) is 0 Å². The van der Waals surface area contributed by atoms with Gasteiger partial charge < -0.3 is 5.32 Å². The molecule has 0 saturated carbocycles. The number of para-hydroxylation sites is 1. The number of hydrogen-bond donors (Lipinski definition) is 1. The molecule has 0 radical (unpaired) electrons. The van der Waals surface area contributed by atoms with Crippen LogP contribution >= 0.6 is 11.6 Å². The fraction of sp³-hybridized carbons (Fsp3) is 0.462. The molecular formula is C13H16ClNO. The number of carbonyl (C=O) groups excluding carboxylic acids is 1. The van der Waals surface area contributed by atoms with Crippen LogP contribution < -0.4 is 5.32 Å². The molecule has 0 spiro atoms. The van der Waals surface area contributed by atoms with Crippen molar-refractivity contribution in [2.24, 2.45) is 0 Å². The normalized spacial score (nSPS) is 23.0. The predicted molar refractivity (Wildman–Crippen MR) is 67.0 cm³/mol. The third kappa shape index (κ3) is 1.82. The molecule has 3 heteroatoms. The molecule has 1 amide bonds. The Morgan fingerprint density at radius 2 is 2.06 bits per heavy atom. The van der Waals surface area contributed by atoms with Crippen LogP contribution in [0.5, 0.6) is 0 Å². The number of alkyl halides is 1. The van der Waals surface area contributed by atoms with Crippen LogP contribution in [0.1, 0.15) is 31.7 Å². The zero-order valence-corrected chi connectivity index (χ0v) is 10.2. The Bertz CT molecular complexity index is 405. The number of benzene rings is 1. The summed E-state index contributed by atoms with van der Waals surface area (Å²) in [4.78, 5) is 12.0. The van der Waals surface area contributed by atoms with Gasteiger partial charge in [-0.2, -0.15) is 0 Å². The number of hydrogen-bond acceptors (Lipinski definition) is 1. The van der Waals surface area contributed by atoms with Crippen LogP contribution in [0.2, 0.25) is 0 Å². The van der Waals surface area contributed by atoms with Gasteiger partial charge in [0.2, 0.25) is 5.91 Å². The van der Waals surface area contributed by atoms with Gasteiger partial charge in [0.15, 0.2) is 0 Å². The van der Waals surface area contributed by atoms with E-state index in [1.165, 1.54) is 0 Å². The Hall–Kier alpha value is -1.02. The largest absolute Gasteiger partial charge is 0.325 e. The van der Waals surface area contributed by atoms with Crippen LogP contribution in [0.25, 0.3) is 0 Å². The molecule has 2 nitrogen and oxygen atoms in total. The number of amides is 1. The van der Waals surface area contributed by atoms with Crippen molar-refractivity contribution in [1.29, 1.82) is 0 Å². The Labute approximate surface area is 101 Å². The number of anilines is 1. The minimum atomic E-state index is -0.372. The number of carbonyl (C=O) groups is 1. The quantitative estimate of drug-likeness (QED) is 0.632. The lowest BCUT2D eigenvalue weighted by Gasteiger charge is -2.21. The minimum Gasteiger partial charge on any atom is -0.325 e. The van der Waals surface area contributed by atoms with Crippen LogP contribution in [0.4, 0.5) is 5.69 Å². The Morgan fingerprint density at radius 1 is 1.31 bits per heavy atom. The Morgan fingerprint density at radius 3 is 2.81 bits per heavy atom. The standard InChI is InChI=1S/C13H16ClNO/c1-13(8-4-5-9-14)10-6-2-3-7-11(10)15-12(13)16/h2-3,6-7H,4-5,8-9H2,1H3,(H,15,16). The summed E-state index contributed by atoms with van der Waals surface area (Å²) in [6.45, 7) is 2.02. The number of fused-ring (bicyclic) bond motifs is 1. The van der Waals surface area contributed by atoms with E-state index in [0.29, 0.717) is 5.88 Å². The van der Waals surface area contributed by atoms with E-state index in [-0.39, 0.29) is 11.3 Å². The molecule has 0 bridgehead atoms. The molecule has 0 saturated heterocycles. The number of halogens is 1. The van der Waals surface area contributed by atoms with Crippen LogP contribution in [-0.2, 0) is 10.2 Å². The summed E-state index contributed by atoms with van der Waals surface area (Å²) in [5.74, 6) is 0.780. The number of rotatable bonds is 4. The summed E-state index contributed by atoms with van der Waals surface area (Å²) in [6.07, 6.45) is 2.82. The zero-order valence-electron chi connectivity index (χ0n) is 9.42. The second-order valence-electron chi connectivity index (χ2n) is 4.48. The maximum Gasteiger partial charge on any atom is 0.234 e. The average molecular weight is 238 g/mol. The maximum absolute atomic E-state index is 12.0. The van der Waals surface area contributed by atoms with E-state index in [1.807, 2.05) is 31.2 Å². The second-order valence-corrected chi connectivity index (χ2v) is 4.86. The van der Waals surface area contributed by atoms with Crippen LogP contribution in [0.15, 0.2) is 24.3 Å². The van der Waals surface area contributed by atoms with Crippen LogP contribution in [0.3, 0.4) is 0 Å². The van der Waals surface area contributed by atoms with E-state index in [0.717, 1.165) is 30.5 Å². The third-order valence-electron chi connectivity index (χ3n) is 3.33. The first-order valence-corrected chi connectivity index (χ1v) is 6.19. The Kier molecular flexibility index (Phi) is 3.20. The predicted octanol–water partition coefficient (Wildman–Crippen LogP) is 3.31. The van der Waals surface area contributed by atoms with E-state index < -0.39 is 0 Å². The third-order valence-corrected chi connectivity index (χ3v) is 3.60. The number of nitrogens with one attached hydrogen (secondary N) is 1. The second kappa shape index (κ2) is 4.46. The summed E-state index contributed by atoms with van der Waals surface area (Å²) < 4.78 is 0. The smallest absolute Gasteiger partial charge is 0.234 e. The molecule has 2 rings (SSSR count). The summed E-state index contributed by atoms with van der Waals surface area (Å²) in [6, 6.07) is 7.93. The Balaban J connectivity index is 2.23. The first kappa shape index (κ1) is 11.5. The summed E-state index contributed by atoms with van der Waals surface area (Å²) in [7, 11) is 0. The first-order chi connectivity index (χ1) is 7.68. The lowest BCUT2D eigenvalue weighted by atomic mass is 9.79. The van der Waals surface area contributed by atoms with E-state index in [4.69, 9.17) is 11.6 Å². The van der Waals surface area contributed by atoms with Crippen molar-refractivity contribution in [3.63, 3.8) is 0 Å². The summed E-state index contributed by atoms with van der Waals surface area (Å²) >= 11 is 5.67. The van der Waals surface area contributed by atoms with Crippen molar-refractivity contribution >= 4 is 23.2 Å². The van der Waals surface area contributed by atoms with Gasteiger partial charge in [-0.15, -0.1) is 11.6 Å². The van der Waals surface area contributed by atoms with Gasteiger partial charge in [-0.25, -0.2) is 0 Å². The van der Waals surface area contributed by atoms with Gasteiger partial charge in [0, 0.05) is 11.6 Å². The van der Waals surface area contributed by atoms with Crippen LogP contribution in [0, 0.1) is 0 Å². The average Bonchev–Trinajstić information content (AvgIpc) is 2.53. The highest BCUT2D eigenvalue weighted by molar-refractivity contribution is 6.17. The molecule has 1 unspecified atom stereocenters. The lowest BCUT2D eigenvalue weighted by Crippen LogP contribution is -2.30. The van der Waals surface area contributed by atoms with E-state index in [2.05, 4.69) is 5.32 Å². The summed E-state index contributed by atoms with van der Waals surface area (Å²) in [5, 5.41) is 2.94. The van der Waals surface area contributed by atoms with Gasteiger partial charge >= 0.3 is 0 Å². The minimum absolute atomic E-state index is 0.114. The van der Waals surface area contributed by atoms with Gasteiger partial charge in [-0.1, -0.05) is 24.6 Å². The van der Waals surface area contributed by atoms with Crippen molar-refractivity contribution in [3.8, 4) is 0 Å². The molecule has 0 aliphatic carbocycles. The monoisotopic (exact) mass is 237 g/mol. The molecule has 0 aromatic heterocycles. The fourth-order valence-corrected chi connectivity index (χ4v) is 2.47. The molecule has 1 aliphatic heterocycles. The molecule has 1 aliphatic rings. The van der Waals surface area contributed by atoms with Gasteiger partial charge in [0.05, 0.1) is 5.41 Å². The molecule has 0 fully saturated rings. The molecule has 1 atom stereocenters. The zero-order chi connectivity index (χ0) is 11.6. The highest BCUT2D eigenvalue weighted by Crippen LogP contribution is 2.40. The van der Waals surface area contributed by atoms with Gasteiger partial charge in [-0.3, -0.25) is 4.79 Å². The SMILES string of the molecule is CC1(CCCCCl)C(=O)Nc2ccccc21. The van der Waals surface area contributed by atoms with Crippen LogP contribution in [-0.4, -0.2) is 11.8 Å². The number of unbranched alkanes of at least 4 members (excludes halogenated alkanes) is 1. The highest BCUT2D eigenvalue weighted by atomic mass is 35.5. The van der Waals surface area contributed by atoms with E-state index >= 15 is 0 Å². The molecule has 1 N–H and O–H groups in total. The van der Waals surface area contributed by atoms with Gasteiger partial charge in [0.1, 0.15) is 0 Å². The van der Waals surface area contributed by atoms with Crippen molar-refractivity contribution < 1.29 is 4.79 Å². The van der Waals surface area contributed by atoms with Gasteiger partial charge in [-0.05, 0) is 31.4 Å². The summed E-state index contributed by atoms with van der Waals surface area (Å²) in [5.41, 5.74) is 1.71. The fourth-order valence-electron chi connectivity index (χ4n) is 2.28.